The van der Waals surface area contributed by atoms with Gasteiger partial charge >= 0.3 is 6.29 Å². The van der Waals surface area contributed by atoms with Gasteiger partial charge in [-0.3, -0.25) is 4.79 Å². The van der Waals surface area contributed by atoms with Gasteiger partial charge in [0, 0.05) is 25.4 Å². The molecule has 0 bridgehead atoms. The van der Waals surface area contributed by atoms with Gasteiger partial charge in [-0.05, 0) is 12.1 Å². The zero-order valence-electron chi connectivity index (χ0n) is 10.7. The van der Waals surface area contributed by atoms with E-state index in [1.54, 1.807) is 7.11 Å². The van der Waals surface area contributed by atoms with Crippen LogP contribution < -0.4 is 20.1 Å². The Bertz CT molecular complexity index is 496. The number of ether oxygens (including phenoxy) is 3. The third kappa shape index (κ3) is 3.78. The molecule has 8 heteroatoms. The van der Waals surface area contributed by atoms with Crippen LogP contribution in [0.4, 0.5) is 14.5 Å². The molecule has 0 spiro atoms. The highest BCUT2D eigenvalue weighted by Crippen LogP contribution is 2.42. The van der Waals surface area contributed by atoms with Gasteiger partial charge in [-0.15, -0.1) is 8.78 Å². The van der Waals surface area contributed by atoms with Crippen molar-refractivity contribution in [3.63, 3.8) is 0 Å². The maximum atomic E-state index is 12.8. The standard InChI is InChI=1S/C12H14F2N2O4/c1-18-5-4-15-7-11(17)16-8-2-3-9-10(6-8)20-12(13,14)19-9/h2-3,6,15H,4-5,7H2,1H3,(H,16,17). The van der Waals surface area contributed by atoms with Crippen LogP contribution in [0.25, 0.3) is 0 Å². The molecule has 1 aliphatic rings. The average molecular weight is 288 g/mol. The Morgan fingerprint density at radius 3 is 2.85 bits per heavy atom. The van der Waals surface area contributed by atoms with E-state index in [4.69, 9.17) is 4.74 Å². The van der Waals surface area contributed by atoms with Crippen LogP contribution in [0.1, 0.15) is 0 Å². The summed E-state index contributed by atoms with van der Waals surface area (Å²) >= 11 is 0. The van der Waals surface area contributed by atoms with Crippen molar-refractivity contribution in [2.24, 2.45) is 0 Å². The minimum Gasteiger partial charge on any atom is -0.395 e. The SMILES string of the molecule is COCCNCC(=O)Nc1ccc2c(c1)OC(F)(F)O2. The zero-order valence-corrected chi connectivity index (χ0v) is 10.7. The second-order valence-electron chi connectivity index (χ2n) is 4.05. The number of carbonyl (C=O) groups is 1. The van der Waals surface area contributed by atoms with Crippen molar-refractivity contribution in [2.45, 2.75) is 6.29 Å². The van der Waals surface area contributed by atoms with Gasteiger partial charge in [-0.2, -0.15) is 0 Å². The van der Waals surface area contributed by atoms with Crippen molar-refractivity contribution in [1.82, 2.24) is 5.32 Å². The Balaban J connectivity index is 1.87. The summed E-state index contributed by atoms with van der Waals surface area (Å²) in [5.41, 5.74) is 0.351. The van der Waals surface area contributed by atoms with E-state index < -0.39 is 6.29 Å². The fourth-order valence-corrected chi connectivity index (χ4v) is 1.61. The second kappa shape index (κ2) is 6.02. The molecule has 2 N–H and O–H groups in total. The first-order valence-electron chi connectivity index (χ1n) is 5.89. The third-order valence-electron chi connectivity index (χ3n) is 2.45. The van der Waals surface area contributed by atoms with Crippen LogP contribution in [0.5, 0.6) is 11.5 Å². The molecule has 0 aliphatic carbocycles. The quantitative estimate of drug-likeness (QED) is 0.769. The van der Waals surface area contributed by atoms with Gasteiger partial charge in [-0.25, -0.2) is 0 Å². The Morgan fingerprint density at radius 2 is 2.10 bits per heavy atom. The fourth-order valence-electron chi connectivity index (χ4n) is 1.61. The second-order valence-corrected chi connectivity index (χ2v) is 4.05. The number of hydrogen-bond acceptors (Lipinski definition) is 5. The van der Waals surface area contributed by atoms with E-state index in [-0.39, 0.29) is 24.0 Å². The largest absolute Gasteiger partial charge is 0.586 e. The lowest BCUT2D eigenvalue weighted by molar-refractivity contribution is -0.286. The maximum Gasteiger partial charge on any atom is 0.586 e. The molecule has 0 saturated heterocycles. The van der Waals surface area contributed by atoms with Crippen molar-refractivity contribution in [3.05, 3.63) is 18.2 Å². The predicted octanol–water partition coefficient (Wildman–Crippen LogP) is 1.18. The lowest BCUT2D eigenvalue weighted by atomic mass is 10.3. The number of methoxy groups -OCH3 is 1. The van der Waals surface area contributed by atoms with Crippen LogP contribution in [0.3, 0.4) is 0 Å². The van der Waals surface area contributed by atoms with Gasteiger partial charge in [-0.1, -0.05) is 0 Å². The highest BCUT2D eigenvalue weighted by atomic mass is 19.3. The fraction of sp³-hybridized carbons (Fsp3) is 0.417. The van der Waals surface area contributed by atoms with E-state index >= 15 is 0 Å². The van der Waals surface area contributed by atoms with Crippen molar-refractivity contribution in [2.75, 3.05) is 32.1 Å². The highest BCUT2D eigenvalue weighted by molar-refractivity contribution is 5.92. The molecule has 6 nitrogen and oxygen atoms in total. The van der Waals surface area contributed by atoms with Crippen molar-refractivity contribution < 1.29 is 27.8 Å². The summed E-state index contributed by atoms with van der Waals surface area (Å²) < 4.78 is 39.0. The number of fused-ring (bicyclic) bond motifs is 1. The summed E-state index contributed by atoms with van der Waals surface area (Å²) in [6.45, 7) is 1.12. The van der Waals surface area contributed by atoms with E-state index in [0.29, 0.717) is 18.8 Å². The lowest BCUT2D eigenvalue weighted by Crippen LogP contribution is -2.30. The van der Waals surface area contributed by atoms with Crippen LogP contribution in [0.2, 0.25) is 0 Å². The summed E-state index contributed by atoms with van der Waals surface area (Å²) in [7, 11) is 1.56. The smallest absolute Gasteiger partial charge is 0.395 e. The van der Waals surface area contributed by atoms with Gasteiger partial charge in [0.25, 0.3) is 0 Å². The molecule has 1 amide bonds. The summed E-state index contributed by atoms with van der Waals surface area (Å²) in [5, 5.41) is 5.41. The van der Waals surface area contributed by atoms with Crippen molar-refractivity contribution in [3.8, 4) is 11.5 Å². The Kier molecular flexibility index (Phi) is 4.35. The lowest BCUT2D eigenvalue weighted by Gasteiger charge is -2.07. The van der Waals surface area contributed by atoms with Crippen molar-refractivity contribution >= 4 is 11.6 Å². The Hall–Kier alpha value is -1.93. The summed E-state index contributed by atoms with van der Waals surface area (Å²) in [6.07, 6.45) is -3.66. The van der Waals surface area contributed by atoms with Gasteiger partial charge in [0.05, 0.1) is 13.2 Å². The van der Waals surface area contributed by atoms with Gasteiger partial charge in [0.15, 0.2) is 11.5 Å². The molecule has 0 unspecified atom stereocenters. The van der Waals surface area contributed by atoms with E-state index in [0.717, 1.165) is 0 Å². The van der Waals surface area contributed by atoms with Crippen LogP contribution in [0, 0.1) is 0 Å². The molecule has 20 heavy (non-hydrogen) atoms. The van der Waals surface area contributed by atoms with Crippen LogP contribution in [0.15, 0.2) is 18.2 Å². The van der Waals surface area contributed by atoms with Gasteiger partial charge < -0.3 is 24.8 Å². The zero-order chi connectivity index (χ0) is 14.6. The summed E-state index contributed by atoms with van der Waals surface area (Å²) in [4.78, 5) is 11.6. The number of anilines is 1. The minimum atomic E-state index is -3.66. The highest BCUT2D eigenvalue weighted by Gasteiger charge is 2.43. The minimum absolute atomic E-state index is 0.0637. The van der Waals surface area contributed by atoms with Crippen LogP contribution in [-0.2, 0) is 9.53 Å². The molecule has 0 fully saturated rings. The van der Waals surface area contributed by atoms with E-state index in [1.807, 2.05) is 0 Å². The Morgan fingerprint density at radius 1 is 1.35 bits per heavy atom. The third-order valence-corrected chi connectivity index (χ3v) is 2.45. The first kappa shape index (κ1) is 14.5. The molecule has 2 rings (SSSR count). The Labute approximate surface area is 114 Å². The number of rotatable bonds is 6. The molecule has 0 saturated carbocycles. The number of amides is 1. The molecule has 1 heterocycles. The molecule has 1 aromatic carbocycles. The van der Waals surface area contributed by atoms with E-state index in [2.05, 4.69) is 20.1 Å². The number of halogens is 2. The van der Waals surface area contributed by atoms with E-state index in [9.17, 15) is 13.6 Å². The number of nitrogens with one attached hydrogen (secondary N) is 2. The molecule has 110 valence electrons. The number of benzene rings is 1. The molecule has 1 aliphatic heterocycles. The van der Waals surface area contributed by atoms with Gasteiger partial charge in [0.1, 0.15) is 0 Å². The summed E-state index contributed by atoms with van der Waals surface area (Å²) in [6, 6.07) is 4.05. The first-order chi connectivity index (χ1) is 9.50. The molecule has 1 aromatic rings. The van der Waals surface area contributed by atoms with Crippen LogP contribution in [-0.4, -0.2) is 39.0 Å². The molecule has 0 atom stereocenters. The molecular formula is C12H14F2N2O4. The van der Waals surface area contributed by atoms with E-state index in [1.165, 1.54) is 18.2 Å². The summed E-state index contributed by atoms with van der Waals surface area (Å²) in [5.74, 6) is -0.474. The predicted molar refractivity (Wildman–Crippen MR) is 66.0 cm³/mol. The monoisotopic (exact) mass is 288 g/mol. The average Bonchev–Trinajstić information content (AvgIpc) is 2.68. The number of hydrogen-bond donors (Lipinski definition) is 2. The molecular weight excluding hydrogens is 274 g/mol. The molecule has 0 aromatic heterocycles. The van der Waals surface area contributed by atoms with Crippen molar-refractivity contribution in [1.29, 1.82) is 0 Å². The topological polar surface area (TPSA) is 68.8 Å². The first-order valence-corrected chi connectivity index (χ1v) is 5.89. The van der Waals surface area contributed by atoms with Gasteiger partial charge in [0.2, 0.25) is 5.91 Å². The number of carbonyl (C=O) groups excluding carboxylic acids is 1. The number of alkyl halides is 2. The van der Waals surface area contributed by atoms with Crippen LogP contribution >= 0.6 is 0 Å². The molecule has 0 radical (unpaired) electrons. The normalized spacial score (nSPS) is 15.2. The maximum absolute atomic E-state index is 12.8.